The van der Waals surface area contributed by atoms with Crippen molar-refractivity contribution >= 4 is 11.6 Å². The van der Waals surface area contributed by atoms with E-state index in [2.05, 4.69) is 15.6 Å². The van der Waals surface area contributed by atoms with Crippen LogP contribution in [0.2, 0.25) is 0 Å². The molecule has 0 atom stereocenters. The second kappa shape index (κ2) is 11.4. The minimum absolute atomic E-state index is 0.238. The van der Waals surface area contributed by atoms with E-state index in [9.17, 15) is 0 Å². The van der Waals surface area contributed by atoms with E-state index < -0.39 is 0 Å². The minimum Gasteiger partial charge on any atom is -0.493 e. The molecule has 32 heavy (non-hydrogen) atoms. The fourth-order valence-electron chi connectivity index (χ4n) is 3.82. The first-order valence-corrected chi connectivity index (χ1v) is 10.7. The molecular formula is C24H33N3O5. The summed E-state index contributed by atoms with van der Waals surface area (Å²) >= 11 is 0. The molecule has 0 aromatic heterocycles. The number of benzene rings is 2. The van der Waals surface area contributed by atoms with Crippen molar-refractivity contribution in [3.63, 3.8) is 0 Å². The average Bonchev–Trinajstić information content (AvgIpc) is 3.34. The number of hydrogen-bond donors (Lipinski definition) is 2. The Kier molecular flexibility index (Phi) is 8.30. The lowest BCUT2D eigenvalue weighted by Crippen LogP contribution is -2.30. The number of rotatable bonds is 9. The molecule has 8 nitrogen and oxygen atoms in total. The van der Waals surface area contributed by atoms with Gasteiger partial charge in [-0.2, -0.15) is 0 Å². The molecule has 3 rings (SSSR count). The summed E-state index contributed by atoms with van der Waals surface area (Å²) in [5.74, 6) is 3.78. The Bertz CT molecular complexity index is 901. The zero-order chi connectivity index (χ0) is 22.9. The molecule has 0 saturated heterocycles. The monoisotopic (exact) mass is 443 g/mol. The van der Waals surface area contributed by atoms with Crippen molar-refractivity contribution in [3.8, 4) is 28.7 Å². The smallest absolute Gasteiger partial charge is 0.203 e. The number of guanidine groups is 1. The number of anilines is 1. The number of methoxy groups -OCH3 is 4. The average molecular weight is 444 g/mol. The highest BCUT2D eigenvalue weighted by Gasteiger charge is 2.21. The Morgan fingerprint density at radius 1 is 0.906 bits per heavy atom. The van der Waals surface area contributed by atoms with Crippen LogP contribution in [-0.4, -0.2) is 47.6 Å². The standard InChI is InChI=1S/C24H33N3O5/c1-25-24(27-17-13-20(29-3)23(31-5)21(14-17)30-4)26-15-16-9-8-12-19(28-2)22(16)32-18-10-6-7-11-18/h8-9,12-14,18H,6-7,10-11,15H2,1-5H3,(H2,25,26,27). The molecule has 174 valence electrons. The molecule has 1 fully saturated rings. The second-order valence-electron chi connectivity index (χ2n) is 7.44. The molecule has 8 heteroatoms. The van der Waals surface area contributed by atoms with Crippen LogP contribution in [0.5, 0.6) is 28.7 Å². The summed E-state index contributed by atoms with van der Waals surface area (Å²) in [6.07, 6.45) is 4.81. The van der Waals surface area contributed by atoms with Gasteiger partial charge in [0, 0.05) is 37.0 Å². The summed E-state index contributed by atoms with van der Waals surface area (Å²) in [6.45, 7) is 0.517. The maximum absolute atomic E-state index is 6.33. The molecule has 0 bridgehead atoms. The van der Waals surface area contributed by atoms with Gasteiger partial charge in [0.25, 0.3) is 0 Å². The van der Waals surface area contributed by atoms with Gasteiger partial charge in [-0.1, -0.05) is 12.1 Å². The molecule has 1 saturated carbocycles. The fourth-order valence-corrected chi connectivity index (χ4v) is 3.82. The predicted octanol–water partition coefficient (Wildman–Crippen LogP) is 4.23. The Balaban J connectivity index is 1.75. The number of hydrogen-bond acceptors (Lipinski definition) is 6. The maximum Gasteiger partial charge on any atom is 0.203 e. The molecular weight excluding hydrogens is 410 g/mol. The lowest BCUT2D eigenvalue weighted by atomic mass is 10.1. The summed E-state index contributed by atoms with van der Waals surface area (Å²) in [4.78, 5) is 4.34. The molecule has 2 aromatic carbocycles. The lowest BCUT2D eigenvalue weighted by molar-refractivity contribution is 0.198. The third-order valence-corrected chi connectivity index (χ3v) is 5.46. The Morgan fingerprint density at radius 2 is 1.56 bits per heavy atom. The molecule has 0 amide bonds. The third kappa shape index (κ3) is 5.49. The van der Waals surface area contributed by atoms with Crippen molar-refractivity contribution < 1.29 is 23.7 Å². The number of ether oxygens (including phenoxy) is 5. The third-order valence-electron chi connectivity index (χ3n) is 5.46. The van der Waals surface area contributed by atoms with E-state index in [0.29, 0.717) is 29.8 Å². The Hall–Kier alpha value is -3.29. The van der Waals surface area contributed by atoms with Crippen LogP contribution < -0.4 is 34.3 Å². The summed E-state index contributed by atoms with van der Waals surface area (Å²) in [5.41, 5.74) is 1.75. The van der Waals surface area contributed by atoms with E-state index in [0.717, 1.165) is 35.6 Å². The van der Waals surface area contributed by atoms with E-state index in [4.69, 9.17) is 23.7 Å². The molecule has 0 spiro atoms. The van der Waals surface area contributed by atoms with Crippen LogP contribution in [0.4, 0.5) is 5.69 Å². The zero-order valence-electron chi connectivity index (χ0n) is 19.5. The first kappa shape index (κ1) is 23.4. The van der Waals surface area contributed by atoms with Crippen molar-refractivity contribution in [2.24, 2.45) is 4.99 Å². The number of nitrogens with zero attached hydrogens (tertiary/aromatic N) is 1. The molecule has 1 aliphatic carbocycles. The molecule has 0 radical (unpaired) electrons. The van der Waals surface area contributed by atoms with Gasteiger partial charge >= 0.3 is 0 Å². The Morgan fingerprint density at radius 3 is 2.12 bits per heavy atom. The van der Waals surface area contributed by atoms with Crippen LogP contribution in [-0.2, 0) is 6.54 Å². The van der Waals surface area contributed by atoms with Gasteiger partial charge in [-0.05, 0) is 31.7 Å². The van der Waals surface area contributed by atoms with Crippen molar-refractivity contribution in [2.45, 2.75) is 38.3 Å². The minimum atomic E-state index is 0.238. The van der Waals surface area contributed by atoms with Crippen molar-refractivity contribution in [3.05, 3.63) is 35.9 Å². The fraction of sp³-hybridized carbons (Fsp3) is 0.458. The number of para-hydroxylation sites is 1. The van der Waals surface area contributed by atoms with Crippen molar-refractivity contribution in [1.82, 2.24) is 5.32 Å². The van der Waals surface area contributed by atoms with Gasteiger partial charge < -0.3 is 34.3 Å². The summed E-state index contributed by atoms with van der Waals surface area (Å²) in [7, 11) is 8.13. The molecule has 2 N–H and O–H groups in total. The van der Waals surface area contributed by atoms with Gasteiger partial charge in [0.05, 0.1) is 34.5 Å². The highest BCUT2D eigenvalue weighted by molar-refractivity contribution is 5.94. The molecule has 2 aromatic rings. The van der Waals surface area contributed by atoms with Gasteiger partial charge in [0.15, 0.2) is 29.0 Å². The van der Waals surface area contributed by atoms with Gasteiger partial charge in [-0.15, -0.1) is 0 Å². The lowest BCUT2D eigenvalue weighted by Gasteiger charge is -2.20. The van der Waals surface area contributed by atoms with E-state index in [1.807, 2.05) is 30.3 Å². The quantitative estimate of drug-likeness (QED) is 0.443. The highest BCUT2D eigenvalue weighted by Crippen LogP contribution is 2.40. The summed E-state index contributed by atoms with van der Waals surface area (Å²) in [6, 6.07) is 9.58. The molecule has 1 aliphatic rings. The van der Waals surface area contributed by atoms with Crippen LogP contribution in [0, 0.1) is 0 Å². The summed E-state index contributed by atoms with van der Waals surface area (Å²) in [5, 5.41) is 6.62. The number of nitrogens with one attached hydrogen (secondary N) is 2. The zero-order valence-corrected chi connectivity index (χ0v) is 19.5. The van der Waals surface area contributed by atoms with Crippen molar-refractivity contribution in [1.29, 1.82) is 0 Å². The van der Waals surface area contributed by atoms with E-state index in [1.54, 1.807) is 35.5 Å². The molecule has 0 unspecified atom stereocenters. The molecule has 0 aliphatic heterocycles. The van der Waals surface area contributed by atoms with Gasteiger partial charge in [-0.25, -0.2) is 0 Å². The van der Waals surface area contributed by atoms with Crippen LogP contribution >= 0.6 is 0 Å². The van der Waals surface area contributed by atoms with Crippen LogP contribution in [0.1, 0.15) is 31.2 Å². The first-order valence-electron chi connectivity index (χ1n) is 10.7. The van der Waals surface area contributed by atoms with Gasteiger partial charge in [0.2, 0.25) is 5.75 Å². The predicted molar refractivity (Wildman–Crippen MR) is 126 cm³/mol. The van der Waals surface area contributed by atoms with Gasteiger partial charge in [0.1, 0.15) is 0 Å². The van der Waals surface area contributed by atoms with Crippen LogP contribution in [0.3, 0.4) is 0 Å². The normalized spacial score (nSPS) is 14.1. The van der Waals surface area contributed by atoms with Crippen LogP contribution in [0.15, 0.2) is 35.3 Å². The molecule has 0 heterocycles. The SMILES string of the molecule is CN=C(NCc1cccc(OC)c1OC1CCCC1)Nc1cc(OC)c(OC)c(OC)c1. The van der Waals surface area contributed by atoms with E-state index >= 15 is 0 Å². The van der Waals surface area contributed by atoms with Gasteiger partial charge in [-0.3, -0.25) is 4.99 Å². The highest BCUT2D eigenvalue weighted by atomic mass is 16.5. The van der Waals surface area contributed by atoms with Crippen molar-refractivity contribution in [2.75, 3.05) is 40.8 Å². The second-order valence-corrected chi connectivity index (χ2v) is 7.44. The first-order chi connectivity index (χ1) is 15.6. The largest absolute Gasteiger partial charge is 0.493 e. The van der Waals surface area contributed by atoms with E-state index in [1.165, 1.54) is 12.8 Å². The van der Waals surface area contributed by atoms with E-state index in [-0.39, 0.29) is 6.10 Å². The summed E-state index contributed by atoms with van der Waals surface area (Å²) < 4.78 is 28.1. The van der Waals surface area contributed by atoms with Crippen LogP contribution in [0.25, 0.3) is 0 Å². The maximum atomic E-state index is 6.33. The number of aliphatic imine (C=N–C) groups is 1. The topological polar surface area (TPSA) is 82.6 Å². The Labute approximate surface area is 189 Å².